The first kappa shape index (κ1) is 18.8. The fourth-order valence-electron chi connectivity index (χ4n) is 2.76. The first-order chi connectivity index (χ1) is 10.0. The second-order valence-electron chi connectivity index (χ2n) is 6.28. The first-order valence-electron chi connectivity index (χ1n) is 8.25. The summed E-state index contributed by atoms with van der Waals surface area (Å²) in [6, 6.07) is 0.949. The van der Waals surface area contributed by atoms with E-state index in [1.807, 2.05) is 23.7 Å². The zero-order valence-electron chi connectivity index (χ0n) is 14.2. The molecule has 0 bridgehead atoms. The van der Waals surface area contributed by atoms with E-state index in [0.717, 1.165) is 38.9 Å². The molecule has 0 spiro atoms. The smallest absolute Gasteiger partial charge is 0.222 e. The molecule has 5 heteroatoms. The fourth-order valence-corrected chi connectivity index (χ4v) is 3.20. The molecule has 1 heterocycles. The van der Waals surface area contributed by atoms with Gasteiger partial charge in [0.25, 0.3) is 0 Å². The van der Waals surface area contributed by atoms with Crippen LogP contribution in [0.25, 0.3) is 0 Å². The Balaban J connectivity index is 2.20. The van der Waals surface area contributed by atoms with Crippen LogP contribution in [-0.2, 0) is 4.79 Å². The van der Waals surface area contributed by atoms with Crippen molar-refractivity contribution >= 4 is 17.7 Å². The van der Waals surface area contributed by atoms with Crippen LogP contribution in [0.5, 0.6) is 0 Å². The van der Waals surface area contributed by atoms with Gasteiger partial charge in [0.1, 0.15) is 0 Å². The Bertz CT molecular complexity index is 291. The molecule has 0 aliphatic carbocycles. The van der Waals surface area contributed by atoms with Gasteiger partial charge in [0.15, 0.2) is 0 Å². The molecule has 0 aromatic carbocycles. The van der Waals surface area contributed by atoms with Crippen molar-refractivity contribution in [3.05, 3.63) is 0 Å². The lowest BCUT2D eigenvalue weighted by Gasteiger charge is -2.36. The molecule has 21 heavy (non-hydrogen) atoms. The van der Waals surface area contributed by atoms with Crippen LogP contribution in [0.4, 0.5) is 0 Å². The molecule has 1 fully saturated rings. The Labute approximate surface area is 135 Å². The van der Waals surface area contributed by atoms with E-state index < -0.39 is 0 Å². The molecule has 124 valence electrons. The average molecular weight is 316 g/mol. The zero-order chi connectivity index (χ0) is 15.7. The maximum atomic E-state index is 12.2. The first-order valence-corrected chi connectivity index (χ1v) is 9.64. The van der Waals surface area contributed by atoms with Gasteiger partial charge in [-0.25, -0.2) is 0 Å². The van der Waals surface area contributed by atoms with Crippen LogP contribution < -0.4 is 5.32 Å². The molecule has 0 aromatic rings. The lowest BCUT2D eigenvalue weighted by molar-refractivity contribution is -0.132. The molecule has 0 radical (unpaired) electrons. The van der Waals surface area contributed by atoms with Gasteiger partial charge in [-0.05, 0) is 32.1 Å². The van der Waals surface area contributed by atoms with Gasteiger partial charge < -0.3 is 15.1 Å². The lowest BCUT2D eigenvalue weighted by Crippen LogP contribution is -2.46. The SMILES string of the molecule is CSCCN1CCC(N(C)C(=O)CCCNC(C)C)CC1. The summed E-state index contributed by atoms with van der Waals surface area (Å²) >= 11 is 1.91. The number of thioether (sulfide) groups is 1. The van der Waals surface area contributed by atoms with Gasteiger partial charge in [0.2, 0.25) is 5.91 Å². The number of likely N-dealkylation sites (tertiary alicyclic amines) is 1. The normalized spacial score (nSPS) is 17.4. The quantitative estimate of drug-likeness (QED) is 0.661. The maximum Gasteiger partial charge on any atom is 0.222 e. The fraction of sp³-hybridized carbons (Fsp3) is 0.938. The van der Waals surface area contributed by atoms with E-state index in [0.29, 0.717) is 24.4 Å². The van der Waals surface area contributed by atoms with Crippen LogP contribution in [-0.4, -0.2) is 73.0 Å². The number of nitrogens with one attached hydrogen (secondary N) is 1. The molecule has 0 atom stereocenters. The Kier molecular flexibility index (Phi) is 9.36. The second kappa shape index (κ2) is 10.5. The predicted molar refractivity (Wildman–Crippen MR) is 93.0 cm³/mol. The van der Waals surface area contributed by atoms with Gasteiger partial charge in [-0.15, -0.1) is 0 Å². The number of rotatable bonds is 9. The van der Waals surface area contributed by atoms with Gasteiger partial charge in [-0.3, -0.25) is 4.79 Å². The van der Waals surface area contributed by atoms with E-state index in [4.69, 9.17) is 0 Å². The molecular formula is C16H33N3OS. The van der Waals surface area contributed by atoms with Crippen LogP contribution in [0, 0.1) is 0 Å². The second-order valence-corrected chi connectivity index (χ2v) is 7.27. The van der Waals surface area contributed by atoms with Gasteiger partial charge in [-0.2, -0.15) is 11.8 Å². The van der Waals surface area contributed by atoms with E-state index in [2.05, 4.69) is 30.3 Å². The van der Waals surface area contributed by atoms with Crippen molar-refractivity contribution in [3.8, 4) is 0 Å². The predicted octanol–water partition coefficient (Wildman–Crippen LogP) is 2.05. The third-order valence-electron chi connectivity index (χ3n) is 4.23. The number of nitrogens with zero attached hydrogens (tertiary/aromatic N) is 2. The van der Waals surface area contributed by atoms with Gasteiger partial charge in [0.05, 0.1) is 0 Å². The Morgan fingerprint density at radius 3 is 2.62 bits per heavy atom. The molecule has 1 saturated heterocycles. The van der Waals surface area contributed by atoms with Crippen LogP contribution in [0.1, 0.15) is 39.5 Å². The van der Waals surface area contributed by atoms with Gasteiger partial charge in [0, 0.05) is 50.9 Å². The van der Waals surface area contributed by atoms with Gasteiger partial charge >= 0.3 is 0 Å². The number of amides is 1. The van der Waals surface area contributed by atoms with Crippen LogP contribution in [0.2, 0.25) is 0 Å². The molecule has 4 nitrogen and oxygen atoms in total. The molecule has 1 rings (SSSR count). The highest BCUT2D eigenvalue weighted by atomic mass is 32.2. The van der Waals surface area contributed by atoms with Crippen molar-refractivity contribution in [2.24, 2.45) is 0 Å². The topological polar surface area (TPSA) is 35.6 Å². The Morgan fingerprint density at radius 1 is 1.38 bits per heavy atom. The molecule has 0 unspecified atom stereocenters. The van der Waals surface area contributed by atoms with E-state index >= 15 is 0 Å². The molecule has 1 aliphatic rings. The summed E-state index contributed by atoms with van der Waals surface area (Å²) in [6.45, 7) is 8.67. The van der Waals surface area contributed by atoms with Crippen molar-refractivity contribution in [1.82, 2.24) is 15.1 Å². The highest BCUT2D eigenvalue weighted by molar-refractivity contribution is 7.98. The van der Waals surface area contributed by atoms with Crippen molar-refractivity contribution in [1.29, 1.82) is 0 Å². The molecule has 0 aromatic heterocycles. The minimum Gasteiger partial charge on any atom is -0.343 e. The summed E-state index contributed by atoms with van der Waals surface area (Å²) in [7, 11) is 1.99. The molecule has 0 saturated carbocycles. The Hall–Kier alpha value is -0.260. The standard InChI is InChI=1S/C16H33N3OS/c1-14(2)17-9-5-6-16(20)18(3)15-7-10-19(11-8-15)12-13-21-4/h14-15,17H,5-13H2,1-4H3. The van der Waals surface area contributed by atoms with E-state index in [9.17, 15) is 4.79 Å². The summed E-state index contributed by atoms with van der Waals surface area (Å²) in [4.78, 5) is 16.7. The maximum absolute atomic E-state index is 12.2. The third-order valence-corrected chi connectivity index (χ3v) is 4.82. The van der Waals surface area contributed by atoms with Crippen molar-refractivity contribution < 1.29 is 4.79 Å². The minimum absolute atomic E-state index is 0.308. The highest BCUT2D eigenvalue weighted by Crippen LogP contribution is 2.16. The number of carbonyl (C=O) groups excluding carboxylic acids is 1. The lowest BCUT2D eigenvalue weighted by atomic mass is 10.0. The van der Waals surface area contributed by atoms with Crippen LogP contribution in [0.3, 0.4) is 0 Å². The van der Waals surface area contributed by atoms with Crippen LogP contribution >= 0.6 is 11.8 Å². The van der Waals surface area contributed by atoms with Crippen molar-refractivity contribution in [2.45, 2.75) is 51.6 Å². The van der Waals surface area contributed by atoms with E-state index in [1.165, 1.54) is 12.3 Å². The Morgan fingerprint density at radius 2 is 2.05 bits per heavy atom. The monoisotopic (exact) mass is 315 g/mol. The summed E-state index contributed by atoms with van der Waals surface area (Å²) in [5.41, 5.74) is 0. The number of carbonyl (C=O) groups is 1. The minimum atomic E-state index is 0.308. The van der Waals surface area contributed by atoms with Crippen molar-refractivity contribution in [2.75, 3.05) is 45.2 Å². The number of piperidine rings is 1. The summed E-state index contributed by atoms with van der Waals surface area (Å²) in [5, 5.41) is 3.37. The molecule has 1 aliphatic heterocycles. The van der Waals surface area contributed by atoms with Gasteiger partial charge in [-0.1, -0.05) is 13.8 Å². The highest BCUT2D eigenvalue weighted by Gasteiger charge is 2.24. The molecule has 1 amide bonds. The summed E-state index contributed by atoms with van der Waals surface area (Å²) < 4.78 is 0. The van der Waals surface area contributed by atoms with E-state index in [1.54, 1.807) is 0 Å². The number of hydrogen-bond acceptors (Lipinski definition) is 4. The molecular weight excluding hydrogens is 282 g/mol. The van der Waals surface area contributed by atoms with Crippen molar-refractivity contribution in [3.63, 3.8) is 0 Å². The average Bonchev–Trinajstić information content (AvgIpc) is 2.49. The summed E-state index contributed by atoms with van der Waals surface area (Å²) in [6.07, 6.45) is 6.02. The summed E-state index contributed by atoms with van der Waals surface area (Å²) in [5.74, 6) is 1.52. The van der Waals surface area contributed by atoms with E-state index in [-0.39, 0.29) is 0 Å². The third kappa shape index (κ3) is 7.52. The number of hydrogen-bond donors (Lipinski definition) is 1. The zero-order valence-corrected chi connectivity index (χ0v) is 15.0. The molecule has 1 N–H and O–H groups in total. The largest absolute Gasteiger partial charge is 0.343 e. The van der Waals surface area contributed by atoms with Crippen LogP contribution in [0.15, 0.2) is 0 Å².